The van der Waals surface area contributed by atoms with E-state index in [9.17, 15) is 4.79 Å². The number of aliphatic imine (C=N–C) groups is 1. The summed E-state index contributed by atoms with van der Waals surface area (Å²) in [6.07, 6.45) is 0.970. The van der Waals surface area contributed by atoms with Crippen molar-refractivity contribution in [2.45, 2.75) is 18.9 Å². The van der Waals surface area contributed by atoms with Crippen LogP contribution in [0.1, 0.15) is 27.8 Å². The molecule has 3 aromatic rings. The van der Waals surface area contributed by atoms with Crippen molar-refractivity contribution in [2.24, 2.45) is 4.99 Å². The lowest BCUT2D eigenvalue weighted by Gasteiger charge is -2.37. The summed E-state index contributed by atoms with van der Waals surface area (Å²) in [4.78, 5) is 23.2. The molecule has 4 nitrogen and oxygen atoms in total. The van der Waals surface area contributed by atoms with Crippen molar-refractivity contribution in [3.05, 3.63) is 94.5 Å². The first-order chi connectivity index (χ1) is 14.1. The lowest BCUT2D eigenvalue weighted by Crippen LogP contribution is -2.46. The van der Waals surface area contributed by atoms with Gasteiger partial charge in [-0.15, -0.1) is 0 Å². The fourth-order valence-corrected chi connectivity index (χ4v) is 5.19. The van der Waals surface area contributed by atoms with Crippen LogP contribution in [0.5, 0.6) is 0 Å². The molecule has 0 aromatic heterocycles. The first kappa shape index (κ1) is 16.5. The Labute approximate surface area is 170 Å². The van der Waals surface area contributed by atoms with Gasteiger partial charge >= 0.3 is 0 Å². The van der Waals surface area contributed by atoms with Gasteiger partial charge in [0.25, 0.3) is 5.91 Å². The van der Waals surface area contributed by atoms with Crippen molar-refractivity contribution in [3.63, 3.8) is 0 Å². The zero-order valence-electron chi connectivity index (χ0n) is 16.5. The number of hydrogen-bond donors (Lipinski definition) is 0. The summed E-state index contributed by atoms with van der Waals surface area (Å²) >= 11 is 0. The molecule has 0 bridgehead atoms. The number of benzene rings is 3. The standard InChI is InChI=1S/C25H21N3O/c1-16-14-18-12-13-28-22(18)20(15-16)25(26-23(28)17-8-4-3-5-9-17)19-10-6-7-11-21(19)27(2)24(25)29/h3-11,14-15H,12-13H2,1-2H3. The Balaban J connectivity index is 1.75. The quantitative estimate of drug-likeness (QED) is 0.640. The van der Waals surface area contributed by atoms with Gasteiger partial charge in [0.1, 0.15) is 5.84 Å². The summed E-state index contributed by atoms with van der Waals surface area (Å²) < 4.78 is 0. The summed E-state index contributed by atoms with van der Waals surface area (Å²) in [5, 5.41) is 0. The van der Waals surface area contributed by atoms with Gasteiger partial charge in [-0.3, -0.25) is 4.79 Å². The van der Waals surface area contributed by atoms with Crippen LogP contribution in [0.2, 0.25) is 0 Å². The SMILES string of the molecule is Cc1cc2c3c(c1)C1(N=C(c4ccccc4)N3CC2)C(=O)N(C)c2ccccc21. The number of anilines is 2. The smallest absolute Gasteiger partial charge is 0.264 e. The number of carbonyl (C=O) groups excluding carboxylic acids is 1. The fourth-order valence-electron chi connectivity index (χ4n) is 5.19. The van der Waals surface area contributed by atoms with E-state index in [1.54, 1.807) is 4.90 Å². The molecule has 4 heteroatoms. The summed E-state index contributed by atoms with van der Waals surface area (Å²) in [7, 11) is 1.86. The van der Waals surface area contributed by atoms with Gasteiger partial charge in [-0.2, -0.15) is 0 Å². The predicted octanol–water partition coefficient (Wildman–Crippen LogP) is 4.04. The molecule has 142 valence electrons. The minimum absolute atomic E-state index is 0.0199. The van der Waals surface area contributed by atoms with Crippen LogP contribution in [-0.4, -0.2) is 25.3 Å². The van der Waals surface area contributed by atoms with Crippen LogP contribution in [-0.2, 0) is 16.8 Å². The van der Waals surface area contributed by atoms with Gasteiger partial charge in [0.2, 0.25) is 0 Å². The average molecular weight is 379 g/mol. The molecule has 0 fully saturated rings. The third kappa shape index (κ3) is 1.98. The normalized spacial score (nSPS) is 21.4. The molecule has 1 atom stereocenters. The molecule has 1 spiro atoms. The van der Waals surface area contributed by atoms with E-state index in [1.807, 2.05) is 43.4 Å². The summed E-state index contributed by atoms with van der Waals surface area (Å²) in [5.41, 5.74) is 6.62. The topological polar surface area (TPSA) is 35.9 Å². The van der Waals surface area contributed by atoms with Crippen LogP contribution in [0.15, 0.2) is 71.7 Å². The number of carbonyl (C=O) groups is 1. The molecule has 6 rings (SSSR count). The average Bonchev–Trinajstić information content (AvgIpc) is 3.26. The molecule has 3 heterocycles. The minimum Gasteiger partial charge on any atom is -0.325 e. The van der Waals surface area contributed by atoms with Gasteiger partial charge in [-0.05, 0) is 25.0 Å². The molecule has 29 heavy (non-hydrogen) atoms. The van der Waals surface area contributed by atoms with Crippen LogP contribution < -0.4 is 9.80 Å². The maximum Gasteiger partial charge on any atom is 0.264 e. The van der Waals surface area contributed by atoms with Gasteiger partial charge in [-0.25, -0.2) is 4.99 Å². The summed E-state index contributed by atoms with van der Waals surface area (Å²) in [6.45, 7) is 3.00. The number of hydrogen-bond acceptors (Lipinski definition) is 3. The number of amides is 1. The van der Waals surface area contributed by atoms with E-state index < -0.39 is 5.54 Å². The Morgan fingerprint density at radius 2 is 1.72 bits per heavy atom. The Bertz CT molecular complexity index is 1210. The first-order valence-corrected chi connectivity index (χ1v) is 10.1. The highest BCUT2D eigenvalue weighted by Crippen LogP contribution is 2.54. The van der Waals surface area contributed by atoms with Crippen LogP contribution in [0.4, 0.5) is 11.4 Å². The molecule has 3 aromatic carbocycles. The van der Waals surface area contributed by atoms with Crippen molar-refractivity contribution in [1.82, 2.24) is 0 Å². The highest BCUT2D eigenvalue weighted by molar-refractivity contribution is 6.19. The lowest BCUT2D eigenvalue weighted by molar-refractivity contribution is -0.121. The molecule has 1 unspecified atom stereocenters. The van der Waals surface area contributed by atoms with E-state index in [-0.39, 0.29) is 5.91 Å². The maximum atomic E-state index is 13.8. The third-order valence-corrected chi connectivity index (χ3v) is 6.43. The second-order valence-corrected chi connectivity index (χ2v) is 8.12. The van der Waals surface area contributed by atoms with E-state index in [0.717, 1.165) is 41.2 Å². The van der Waals surface area contributed by atoms with Crippen molar-refractivity contribution >= 4 is 23.1 Å². The molecule has 1 amide bonds. The van der Waals surface area contributed by atoms with Gasteiger partial charge in [0, 0.05) is 36.0 Å². The number of para-hydroxylation sites is 1. The maximum absolute atomic E-state index is 13.8. The molecular weight excluding hydrogens is 358 g/mol. The number of fused-ring (bicyclic) bond motifs is 3. The molecule has 0 radical (unpaired) electrons. The number of nitrogens with zero attached hydrogens (tertiary/aromatic N) is 3. The molecule has 0 N–H and O–H groups in total. The zero-order chi connectivity index (χ0) is 19.8. The molecule has 3 aliphatic rings. The van der Waals surface area contributed by atoms with Crippen molar-refractivity contribution in [1.29, 1.82) is 0 Å². The Morgan fingerprint density at radius 3 is 2.55 bits per heavy atom. The van der Waals surface area contributed by atoms with Crippen LogP contribution in [0.3, 0.4) is 0 Å². The van der Waals surface area contributed by atoms with Gasteiger partial charge < -0.3 is 9.80 Å². The van der Waals surface area contributed by atoms with Crippen LogP contribution >= 0.6 is 0 Å². The summed E-state index contributed by atoms with van der Waals surface area (Å²) in [6, 6.07) is 22.7. The highest BCUT2D eigenvalue weighted by Gasteiger charge is 2.56. The first-order valence-electron chi connectivity index (χ1n) is 10.1. The monoisotopic (exact) mass is 379 g/mol. The largest absolute Gasteiger partial charge is 0.325 e. The second kappa shape index (κ2) is 5.57. The van der Waals surface area contributed by atoms with Crippen LogP contribution in [0.25, 0.3) is 0 Å². The van der Waals surface area contributed by atoms with E-state index in [2.05, 4.69) is 42.2 Å². The lowest BCUT2D eigenvalue weighted by atomic mass is 9.80. The van der Waals surface area contributed by atoms with Crippen molar-refractivity contribution in [2.75, 3.05) is 23.4 Å². The number of aryl methyl sites for hydroxylation is 1. The van der Waals surface area contributed by atoms with E-state index in [4.69, 9.17) is 4.99 Å². The fraction of sp³-hybridized carbons (Fsp3) is 0.200. The minimum atomic E-state index is -1.02. The zero-order valence-corrected chi connectivity index (χ0v) is 16.5. The number of rotatable bonds is 1. The third-order valence-electron chi connectivity index (χ3n) is 6.43. The van der Waals surface area contributed by atoms with E-state index in [0.29, 0.717) is 0 Å². The Kier molecular flexibility index (Phi) is 3.18. The van der Waals surface area contributed by atoms with Gasteiger partial charge in [0.05, 0.1) is 5.69 Å². The Hall–Kier alpha value is -3.40. The van der Waals surface area contributed by atoms with Crippen molar-refractivity contribution < 1.29 is 4.79 Å². The summed E-state index contributed by atoms with van der Waals surface area (Å²) in [5.74, 6) is 0.908. The van der Waals surface area contributed by atoms with E-state index >= 15 is 0 Å². The molecule has 3 aliphatic heterocycles. The molecule has 0 saturated heterocycles. The number of amidine groups is 1. The van der Waals surface area contributed by atoms with Crippen LogP contribution in [0, 0.1) is 6.92 Å². The predicted molar refractivity (Wildman–Crippen MR) is 116 cm³/mol. The van der Waals surface area contributed by atoms with Gasteiger partial charge in [0.15, 0.2) is 5.54 Å². The van der Waals surface area contributed by atoms with Crippen molar-refractivity contribution in [3.8, 4) is 0 Å². The second-order valence-electron chi connectivity index (χ2n) is 8.12. The van der Waals surface area contributed by atoms with E-state index in [1.165, 1.54) is 16.8 Å². The number of likely N-dealkylation sites (N-methyl/N-ethyl adjacent to an activating group) is 1. The van der Waals surface area contributed by atoms with Gasteiger partial charge in [-0.1, -0.05) is 66.2 Å². The Morgan fingerprint density at radius 1 is 0.966 bits per heavy atom. The molecule has 0 saturated carbocycles. The highest BCUT2D eigenvalue weighted by atomic mass is 16.2. The molecule has 0 aliphatic carbocycles. The molecular formula is C25H21N3O.